The van der Waals surface area contributed by atoms with E-state index >= 15 is 0 Å². The van der Waals surface area contributed by atoms with Crippen molar-refractivity contribution in [1.29, 1.82) is 0 Å². The maximum Gasteiger partial charge on any atom is 0.314 e. The van der Waals surface area contributed by atoms with Gasteiger partial charge in [-0.15, -0.1) is 0 Å². The van der Waals surface area contributed by atoms with Crippen molar-refractivity contribution in [2.24, 2.45) is 11.8 Å². The summed E-state index contributed by atoms with van der Waals surface area (Å²) >= 11 is 0. The standard InChI is InChI=1S/C12H24N2O4/c1-8(2)10(11(15)16)7-14-12(17)13-5-6-18-9(3)4/h8-10H,5-7H2,1-4H3,(H,15,16)(H2,13,14,17). The largest absolute Gasteiger partial charge is 0.481 e. The minimum Gasteiger partial charge on any atom is -0.481 e. The van der Waals surface area contributed by atoms with Crippen molar-refractivity contribution in [2.75, 3.05) is 19.7 Å². The van der Waals surface area contributed by atoms with E-state index < -0.39 is 11.9 Å². The topological polar surface area (TPSA) is 87.7 Å². The highest BCUT2D eigenvalue weighted by molar-refractivity contribution is 5.75. The third-order valence-electron chi connectivity index (χ3n) is 2.44. The Labute approximate surface area is 108 Å². The highest BCUT2D eigenvalue weighted by atomic mass is 16.5. The summed E-state index contributed by atoms with van der Waals surface area (Å²) in [5, 5.41) is 14.1. The van der Waals surface area contributed by atoms with Gasteiger partial charge in [-0.05, 0) is 19.8 Å². The van der Waals surface area contributed by atoms with E-state index in [0.717, 1.165) is 0 Å². The molecule has 6 heteroatoms. The minimum absolute atomic E-state index is 0.0212. The van der Waals surface area contributed by atoms with Crippen LogP contribution in [0.3, 0.4) is 0 Å². The van der Waals surface area contributed by atoms with E-state index in [-0.39, 0.29) is 24.6 Å². The highest BCUT2D eigenvalue weighted by Crippen LogP contribution is 2.09. The normalized spacial score (nSPS) is 12.6. The van der Waals surface area contributed by atoms with E-state index in [2.05, 4.69) is 10.6 Å². The van der Waals surface area contributed by atoms with Gasteiger partial charge >= 0.3 is 12.0 Å². The smallest absolute Gasteiger partial charge is 0.314 e. The molecule has 0 saturated heterocycles. The van der Waals surface area contributed by atoms with Crippen molar-refractivity contribution in [3.63, 3.8) is 0 Å². The van der Waals surface area contributed by atoms with Crippen LogP contribution in [-0.2, 0) is 9.53 Å². The number of carbonyl (C=O) groups excluding carboxylic acids is 1. The molecule has 0 aromatic rings. The van der Waals surface area contributed by atoms with Crippen molar-refractivity contribution in [2.45, 2.75) is 33.8 Å². The van der Waals surface area contributed by atoms with Crippen LogP contribution in [0.25, 0.3) is 0 Å². The van der Waals surface area contributed by atoms with Crippen LogP contribution in [0.5, 0.6) is 0 Å². The summed E-state index contributed by atoms with van der Waals surface area (Å²) in [4.78, 5) is 22.3. The van der Waals surface area contributed by atoms with E-state index in [1.165, 1.54) is 0 Å². The Morgan fingerprint density at radius 2 is 1.78 bits per heavy atom. The molecule has 0 aliphatic heterocycles. The summed E-state index contributed by atoms with van der Waals surface area (Å²) in [6, 6.07) is -0.366. The molecule has 0 saturated carbocycles. The van der Waals surface area contributed by atoms with Crippen LogP contribution in [0.4, 0.5) is 4.79 Å². The number of carboxylic acid groups (broad SMARTS) is 1. The Morgan fingerprint density at radius 1 is 1.17 bits per heavy atom. The first-order valence-corrected chi connectivity index (χ1v) is 6.20. The Balaban J connectivity index is 3.78. The minimum atomic E-state index is -0.895. The SMILES string of the molecule is CC(C)OCCNC(=O)NCC(C(=O)O)C(C)C. The predicted octanol–water partition coefficient (Wildman–Crippen LogP) is 1.07. The Bertz CT molecular complexity index is 267. The van der Waals surface area contributed by atoms with Gasteiger partial charge < -0.3 is 20.5 Å². The van der Waals surface area contributed by atoms with Crippen LogP contribution in [0.15, 0.2) is 0 Å². The van der Waals surface area contributed by atoms with Gasteiger partial charge in [0.2, 0.25) is 0 Å². The number of urea groups is 1. The summed E-state index contributed by atoms with van der Waals surface area (Å²) in [7, 11) is 0. The van der Waals surface area contributed by atoms with E-state index in [1.807, 2.05) is 27.7 Å². The Morgan fingerprint density at radius 3 is 2.22 bits per heavy atom. The van der Waals surface area contributed by atoms with Gasteiger partial charge in [0.25, 0.3) is 0 Å². The van der Waals surface area contributed by atoms with Crippen molar-refractivity contribution in [3.05, 3.63) is 0 Å². The Hall–Kier alpha value is -1.30. The molecule has 0 rings (SSSR count). The first kappa shape index (κ1) is 16.7. The first-order chi connectivity index (χ1) is 8.34. The lowest BCUT2D eigenvalue weighted by Crippen LogP contribution is -2.42. The molecule has 0 fully saturated rings. The van der Waals surface area contributed by atoms with Crippen LogP contribution in [0.2, 0.25) is 0 Å². The van der Waals surface area contributed by atoms with E-state index in [4.69, 9.17) is 9.84 Å². The van der Waals surface area contributed by atoms with Crippen molar-refractivity contribution in [3.8, 4) is 0 Å². The average Bonchev–Trinajstić information content (AvgIpc) is 2.23. The molecule has 0 spiro atoms. The van der Waals surface area contributed by atoms with E-state index in [9.17, 15) is 9.59 Å². The average molecular weight is 260 g/mol. The number of hydrogen-bond donors (Lipinski definition) is 3. The van der Waals surface area contributed by atoms with E-state index in [1.54, 1.807) is 0 Å². The third-order valence-corrected chi connectivity index (χ3v) is 2.44. The zero-order valence-corrected chi connectivity index (χ0v) is 11.5. The quantitative estimate of drug-likeness (QED) is 0.570. The summed E-state index contributed by atoms with van der Waals surface area (Å²) in [6.45, 7) is 8.44. The van der Waals surface area contributed by atoms with Gasteiger partial charge in [0.05, 0.1) is 18.6 Å². The van der Waals surface area contributed by atoms with Crippen molar-refractivity contribution < 1.29 is 19.4 Å². The fourth-order valence-electron chi connectivity index (χ4n) is 1.33. The zero-order chi connectivity index (χ0) is 14.1. The molecule has 0 aromatic heterocycles. The van der Waals surface area contributed by atoms with Crippen LogP contribution in [0, 0.1) is 11.8 Å². The third kappa shape index (κ3) is 7.89. The predicted molar refractivity (Wildman–Crippen MR) is 68.5 cm³/mol. The molecule has 2 amide bonds. The molecule has 0 bridgehead atoms. The first-order valence-electron chi connectivity index (χ1n) is 6.20. The number of nitrogens with one attached hydrogen (secondary N) is 2. The highest BCUT2D eigenvalue weighted by Gasteiger charge is 2.21. The molecular weight excluding hydrogens is 236 g/mol. The molecule has 0 heterocycles. The molecule has 106 valence electrons. The number of rotatable bonds is 8. The van der Waals surface area contributed by atoms with Gasteiger partial charge in [-0.25, -0.2) is 4.79 Å². The van der Waals surface area contributed by atoms with Gasteiger partial charge in [0.1, 0.15) is 0 Å². The molecule has 0 aliphatic rings. The van der Waals surface area contributed by atoms with Gasteiger partial charge in [-0.1, -0.05) is 13.8 Å². The van der Waals surface area contributed by atoms with Gasteiger partial charge in [-0.3, -0.25) is 4.79 Å². The number of amides is 2. The molecule has 0 aliphatic carbocycles. The van der Waals surface area contributed by atoms with Crippen LogP contribution in [0.1, 0.15) is 27.7 Å². The monoisotopic (exact) mass is 260 g/mol. The number of carboxylic acids is 1. The molecule has 3 N–H and O–H groups in total. The molecule has 6 nitrogen and oxygen atoms in total. The fourth-order valence-corrected chi connectivity index (χ4v) is 1.33. The molecule has 0 radical (unpaired) electrons. The summed E-state index contributed by atoms with van der Waals surface area (Å²) in [5.41, 5.74) is 0. The molecule has 1 atom stereocenters. The molecule has 1 unspecified atom stereocenters. The number of hydrogen-bond acceptors (Lipinski definition) is 3. The molecular formula is C12H24N2O4. The zero-order valence-electron chi connectivity index (χ0n) is 11.5. The fraction of sp³-hybridized carbons (Fsp3) is 0.833. The van der Waals surface area contributed by atoms with Gasteiger partial charge in [0, 0.05) is 13.1 Å². The Kier molecular flexibility index (Phi) is 8.11. The lowest BCUT2D eigenvalue weighted by molar-refractivity contribution is -0.142. The number of aliphatic carboxylic acids is 1. The van der Waals surface area contributed by atoms with Crippen molar-refractivity contribution in [1.82, 2.24) is 10.6 Å². The number of ether oxygens (including phenoxy) is 1. The van der Waals surface area contributed by atoms with Gasteiger partial charge in [-0.2, -0.15) is 0 Å². The number of carbonyl (C=O) groups is 2. The maximum atomic E-state index is 11.4. The van der Waals surface area contributed by atoms with Crippen LogP contribution in [-0.4, -0.2) is 42.9 Å². The molecule has 18 heavy (non-hydrogen) atoms. The van der Waals surface area contributed by atoms with Crippen LogP contribution < -0.4 is 10.6 Å². The lowest BCUT2D eigenvalue weighted by atomic mass is 9.96. The van der Waals surface area contributed by atoms with E-state index in [0.29, 0.717) is 13.2 Å². The van der Waals surface area contributed by atoms with Crippen LogP contribution >= 0.6 is 0 Å². The van der Waals surface area contributed by atoms with Gasteiger partial charge in [0.15, 0.2) is 0 Å². The summed E-state index contributed by atoms with van der Waals surface area (Å²) in [6.07, 6.45) is 0.132. The van der Waals surface area contributed by atoms with Crippen molar-refractivity contribution >= 4 is 12.0 Å². The maximum absolute atomic E-state index is 11.4. The second-order valence-corrected chi connectivity index (χ2v) is 4.75. The lowest BCUT2D eigenvalue weighted by Gasteiger charge is -2.17. The molecule has 0 aromatic carbocycles. The summed E-state index contributed by atoms with van der Waals surface area (Å²) < 4.78 is 5.26. The second kappa shape index (κ2) is 8.74. The second-order valence-electron chi connectivity index (χ2n) is 4.75. The summed E-state index contributed by atoms with van der Waals surface area (Å²) in [5.74, 6) is -1.48.